The standard InChI is InChI=1S/C30H46O4/c1-27(2)25(33-27)15-17-29(5)19-21(11-13-23(29)31)9-7-8-10-22-12-14-24(32)30(6,20-22)18-16-26-28(3,4)34-26/h7-10,19-20,23-26,31-32H,11-18H2,1-6H3/b9-7+,10-8+/t23-,24-,25?,26?,29+,30+/m1/s1. The van der Waals surface area contributed by atoms with Gasteiger partial charge in [0.25, 0.3) is 0 Å². The lowest BCUT2D eigenvalue weighted by Crippen LogP contribution is -2.34. The van der Waals surface area contributed by atoms with Crippen LogP contribution in [0.15, 0.2) is 47.6 Å². The van der Waals surface area contributed by atoms with Crippen molar-refractivity contribution >= 4 is 0 Å². The SMILES string of the molecule is CC1(C)OC1CC[C@@]1(C)C=C(/C=C/C=C/C2=C[C@](C)(CCC3OC3(C)C)[C@H](O)CC2)CC[C@H]1O. The van der Waals surface area contributed by atoms with Gasteiger partial charge in [-0.05, 0) is 79.1 Å². The van der Waals surface area contributed by atoms with Crippen molar-refractivity contribution in [3.05, 3.63) is 47.6 Å². The van der Waals surface area contributed by atoms with E-state index in [0.717, 1.165) is 51.4 Å². The van der Waals surface area contributed by atoms with Crippen LogP contribution in [0.2, 0.25) is 0 Å². The van der Waals surface area contributed by atoms with Crippen LogP contribution in [0.3, 0.4) is 0 Å². The number of ether oxygens (including phenoxy) is 2. The van der Waals surface area contributed by atoms with Crippen molar-refractivity contribution in [2.75, 3.05) is 0 Å². The molecule has 4 rings (SSSR count). The highest BCUT2D eigenvalue weighted by molar-refractivity contribution is 5.32. The number of rotatable bonds is 9. The van der Waals surface area contributed by atoms with E-state index in [-0.39, 0.29) is 34.2 Å². The molecule has 2 fully saturated rings. The molecule has 0 spiro atoms. The molecule has 0 radical (unpaired) electrons. The Kier molecular flexibility index (Phi) is 7.12. The first-order chi connectivity index (χ1) is 15.8. The number of allylic oxidation sites excluding steroid dienone is 6. The van der Waals surface area contributed by atoms with Crippen molar-refractivity contribution in [3.63, 3.8) is 0 Å². The highest BCUT2D eigenvalue weighted by atomic mass is 16.6. The fourth-order valence-corrected chi connectivity index (χ4v) is 5.91. The summed E-state index contributed by atoms with van der Waals surface area (Å²) in [7, 11) is 0. The summed E-state index contributed by atoms with van der Waals surface area (Å²) in [6.07, 6.45) is 20.6. The van der Waals surface area contributed by atoms with Gasteiger partial charge in [-0.3, -0.25) is 0 Å². The van der Waals surface area contributed by atoms with Crippen LogP contribution in [0, 0.1) is 10.8 Å². The van der Waals surface area contributed by atoms with Gasteiger partial charge in [0, 0.05) is 10.8 Å². The molecule has 0 saturated carbocycles. The van der Waals surface area contributed by atoms with E-state index in [1.165, 1.54) is 11.1 Å². The second-order valence-electron chi connectivity index (χ2n) is 12.8. The quantitative estimate of drug-likeness (QED) is 0.311. The molecule has 2 aliphatic heterocycles. The monoisotopic (exact) mass is 470 g/mol. The Labute approximate surface area is 206 Å². The first-order valence-electron chi connectivity index (χ1n) is 13.3. The van der Waals surface area contributed by atoms with Crippen LogP contribution in [0.1, 0.15) is 92.9 Å². The van der Waals surface area contributed by atoms with Gasteiger partial charge >= 0.3 is 0 Å². The van der Waals surface area contributed by atoms with Gasteiger partial charge < -0.3 is 19.7 Å². The van der Waals surface area contributed by atoms with Crippen LogP contribution in [0.25, 0.3) is 0 Å². The summed E-state index contributed by atoms with van der Waals surface area (Å²) >= 11 is 0. The van der Waals surface area contributed by atoms with E-state index in [2.05, 4.69) is 78.0 Å². The minimum Gasteiger partial charge on any atom is -0.392 e. The molecule has 2 saturated heterocycles. The molecule has 2 unspecified atom stereocenters. The third kappa shape index (κ3) is 5.95. The summed E-state index contributed by atoms with van der Waals surface area (Å²) < 4.78 is 11.5. The van der Waals surface area contributed by atoms with E-state index < -0.39 is 0 Å². The molecule has 4 nitrogen and oxygen atoms in total. The molecule has 0 aromatic heterocycles. The topological polar surface area (TPSA) is 65.5 Å². The van der Waals surface area contributed by atoms with Crippen molar-refractivity contribution < 1.29 is 19.7 Å². The van der Waals surface area contributed by atoms with E-state index in [9.17, 15) is 10.2 Å². The Bertz CT molecular complexity index is 806. The number of aliphatic hydroxyl groups is 2. The highest BCUT2D eigenvalue weighted by Gasteiger charge is 2.49. The van der Waals surface area contributed by atoms with Gasteiger partial charge in [0.2, 0.25) is 0 Å². The van der Waals surface area contributed by atoms with Gasteiger partial charge in [-0.25, -0.2) is 0 Å². The molecule has 0 amide bonds. The lowest BCUT2D eigenvalue weighted by atomic mass is 9.72. The van der Waals surface area contributed by atoms with Gasteiger partial charge in [0.1, 0.15) is 0 Å². The van der Waals surface area contributed by atoms with E-state index in [0.29, 0.717) is 12.2 Å². The molecular formula is C30H46O4. The van der Waals surface area contributed by atoms with Gasteiger partial charge in [-0.15, -0.1) is 0 Å². The van der Waals surface area contributed by atoms with Crippen molar-refractivity contribution in [1.29, 1.82) is 0 Å². The molecule has 0 aromatic rings. The first kappa shape index (κ1) is 25.9. The zero-order valence-corrected chi connectivity index (χ0v) is 22.1. The minimum absolute atomic E-state index is 0.00934. The van der Waals surface area contributed by atoms with Crippen LogP contribution in [0.4, 0.5) is 0 Å². The molecule has 6 atom stereocenters. The number of hydrogen-bond donors (Lipinski definition) is 2. The molecule has 0 aromatic carbocycles. The third-order valence-corrected chi connectivity index (χ3v) is 8.92. The highest BCUT2D eigenvalue weighted by Crippen LogP contribution is 2.46. The molecule has 190 valence electrons. The van der Waals surface area contributed by atoms with E-state index >= 15 is 0 Å². The van der Waals surface area contributed by atoms with Crippen LogP contribution >= 0.6 is 0 Å². The zero-order valence-electron chi connectivity index (χ0n) is 22.1. The van der Waals surface area contributed by atoms with Crippen molar-refractivity contribution in [2.24, 2.45) is 10.8 Å². The van der Waals surface area contributed by atoms with Crippen molar-refractivity contribution in [1.82, 2.24) is 0 Å². The Morgan fingerprint density at radius 1 is 0.735 bits per heavy atom. The van der Waals surface area contributed by atoms with Gasteiger partial charge in [-0.1, -0.05) is 61.4 Å². The molecule has 34 heavy (non-hydrogen) atoms. The summed E-state index contributed by atoms with van der Waals surface area (Å²) in [4.78, 5) is 0. The summed E-state index contributed by atoms with van der Waals surface area (Å²) in [5.41, 5.74) is 2.25. The number of epoxide rings is 2. The lowest BCUT2D eigenvalue weighted by molar-refractivity contribution is 0.0474. The smallest absolute Gasteiger partial charge is 0.0892 e. The van der Waals surface area contributed by atoms with Gasteiger partial charge in [0.05, 0.1) is 35.6 Å². The molecule has 2 aliphatic carbocycles. The second kappa shape index (κ2) is 9.35. The van der Waals surface area contributed by atoms with Crippen LogP contribution in [-0.2, 0) is 9.47 Å². The average Bonchev–Trinajstić information content (AvgIpc) is 3.60. The Morgan fingerprint density at radius 3 is 1.41 bits per heavy atom. The van der Waals surface area contributed by atoms with Crippen LogP contribution in [0.5, 0.6) is 0 Å². The van der Waals surface area contributed by atoms with Gasteiger partial charge in [0.15, 0.2) is 0 Å². The lowest BCUT2D eigenvalue weighted by Gasteiger charge is -2.36. The zero-order chi connectivity index (χ0) is 24.8. The third-order valence-electron chi connectivity index (χ3n) is 8.92. The van der Waals surface area contributed by atoms with Crippen LogP contribution < -0.4 is 0 Å². The molecule has 2 heterocycles. The van der Waals surface area contributed by atoms with E-state index in [1.807, 2.05) is 0 Å². The minimum atomic E-state index is -0.287. The first-order valence-corrected chi connectivity index (χ1v) is 13.3. The summed E-state index contributed by atoms with van der Waals surface area (Å²) in [5.74, 6) is 0. The second-order valence-corrected chi connectivity index (χ2v) is 12.8. The Morgan fingerprint density at radius 2 is 1.09 bits per heavy atom. The predicted octanol–water partition coefficient (Wildman–Crippen LogP) is 6.19. The maximum atomic E-state index is 10.7. The van der Waals surface area contributed by atoms with Gasteiger partial charge in [-0.2, -0.15) is 0 Å². The summed E-state index contributed by atoms with van der Waals surface area (Å²) in [5, 5.41) is 21.3. The maximum Gasteiger partial charge on any atom is 0.0892 e. The predicted molar refractivity (Wildman–Crippen MR) is 138 cm³/mol. The van der Waals surface area contributed by atoms with Crippen LogP contribution in [-0.4, -0.2) is 45.8 Å². The normalized spacial score (nSPS) is 40.9. The number of aliphatic hydroxyl groups excluding tert-OH is 2. The average molecular weight is 471 g/mol. The largest absolute Gasteiger partial charge is 0.392 e. The molecular weight excluding hydrogens is 424 g/mol. The fourth-order valence-electron chi connectivity index (χ4n) is 5.91. The molecule has 4 heteroatoms. The van der Waals surface area contributed by atoms with Crippen molar-refractivity contribution in [3.8, 4) is 0 Å². The Hall–Kier alpha value is -1.20. The summed E-state index contributed by atoms with van der Waals surface area (Å²) in [6.45, 7) is 12.9. The van der Waals surface area contributed by atoms with Crippen molar-refractivity contribution in [2.45, 2.75) is 129 Å². The van der Waals surface area contributed by atoms with E-state index in [1.54, 1.807) is 0 Å². The Balaban J connectivity index is 1.34. The molecule has 4 aliphatic rings. The maximum absolute atomic E-state index is 10.7. The summed E-state index contributed by atoms with van der Waals surface area (Å²) in [6, 6.07) is 0. The number of hydrogen-bond acceptors (Lipinski definition) is 4. The fraction of sp³-hybridized carbons (Fsp3) is 0.733. The molecule has 0 bridgehead atoms. The van der Waals surface area contributed by atoms with E-state index in [4.69, 9.17) is 9.47 Å². The molecule has 2 N–H and O–H groups in total.